The average Bonchev–Trinajstić information content (AvgIpc) is 2.67. The van der Waals surface area contributed by atoms with Gasteiger partial charge < -0.3 is 5.73 Å². The summed E-state index contributed by atoms with van der Waals surface area (Å²) >= 11 is 0. The van der Waals surface area contributed by atoms with Crippen molar-refractivity contribution in [1.82, 2.24) is 9.78 Å². The molecule has 1 aromatic carbocycles. The van der Waals surface area contributed by atoms with Crippen LogP contribution in [0.5, 0.6) is 0 Å². The summed E-state index contributed by atoms with van der Waals surface area (Å²) in [6, 6.07) is 10.3. The zero-order valence-electron chi connectivity index (χ0n) is 11.2. The minimum atomic E-state index is 0.757. The molecule has 0 saturated heterocycles. The molecule has 0 fully saturated rings. The SMILES string of the molecule is CCCCCc1nn(C)c(N)c1-c1ccccc1. The number of nitrogens with two attached hydrogens (primary N) is 1. The van der Waals surface area contributed by atoms with Crippen molar-refractivity contribution in [2.75, 3.05) is 5.73 Å². The number of hydrogen-bond acceptors (Lipinski definition) is 2. The second-order valence-corrected chi connectivity index (χ2v) is 4.65. The van der Waals surface area contributed by atoms with E-state index < -0.39 is 0 Å². The van der Waals surface area contributed by atoms with E-state index >= 15 is 0 Å². The lowest BCUT2D eigenvalue weighted by Gasteiger charge is -2.03. The fraction of sp³-hybridized carbons (Fsp3) is 0.400. The molecule has 0 unspecified atom stereocenters. The Kier molecular flexibility index (Phi) is 4.03. The molecule has 0 radical (unpaired) electrons. The van der Waals surface area contributed by atoms with Crippen LogP contribution in [-0.2, 0) is 13.5 Å². The van der Waals surface area contributed by atoms with Gasteiger partial charge in [0, 0.05) is 12.6 Å². The van der Waals surface area contributed by atoms with Gasteiger partial charge in [-0.2, -0.15) is 5.10 Å². The van der Waals surface area contributed by atoms with E-state index in [1.165, 1.54) is 19.3 Å². The summed E-state index contributed by atoms with van der Waals surface area (Å²) in [7, 11) is 1.91. The van der Waals surface area contributed by atoms with E-state index in [0.717, 1.165) is 29.1 Å². The van der Waals surface area contributed by atoms with Gasteiger partial charge in [-0.15, -0.1) is 0 Å². The van der Waals surface area contributed by atoms with Crippen molar-refractivity contribution < 1.29 is 0 Å². The van der Waals surface area contributed by atoms with Gasteiger partial charge in [0.1, 0.15) is 5.82 Å². The highest BCUT2D eigenvalue weighted by Crippen LogP contribution is 2.30. The maximum Gasteiger partial charge on any atom is 0.129 e. The molecule has 1 heterocycles. The quantitative estimate of drug-likeness (QED) is 0.818. The lowest BCUT2D eigenvalue weighted by atomic mass is 10.0. The van der Waals surface area contributed by atoms with Gasteiger partial charge in [-0.25, -0.2) is 0 Å². The highest BCUT2D eigenvalue weighted by molar-refractivity contribution is 5.76. The van der Waals surface area contributed by atoms with Gasteiger partial charge in [-0.1, -0.05) is 50.1 Å². The van der Waals surface area contributed by atoms with Crippen molar-refractivity contribution in [3.63, 3.8) is 0 Å². The van der Waals surface area contributed by atoms with Gasteiger partial charge in [-0.05, 0) is 18.4 Å². The number of hydrogen-bond donors (Lipinski definition) is 1. The first-order chi connectivity index (χ1) is 8.74. The molecule has 18 heavy (non-hydrogen) atoms. The molecule has 1 aromatic heterocycles. The van der Waals surface area contributed by atoms with Crippen LogP contribution in [0.3, 0.4) is 0 Å². The number of rotatable bonds is 5. The number of nitrogens with zero attached hydrogens (tertiary/aromatic N) is 2. The highest BCUT2D eigenvalue weighted by atomic mass is 15.3. The predicted molar refractivity (Wildman–Crippen MR) is 76.3 cm³/mol. The van der Waals surface area contributed by atoms with Gasteiger partial charge >= 0.3 is 0 Å². The minimum absolute atomic E-state index is 0.757. The Morgan fingerprint density at radius 1 is 1.17 bits per heavy atom. The van der Waals surface area contributed by atoms with Crippen LogP contribution < -0.4 is 5.73 Å². The second-order valence-electron chi connectivity index (χ2n) is 4.65. The van der Waals surface area contributed by atoms with Gasteiger partial charge in [0.2, 0.25) is 0 Å². The first kappa shape index (κ1) is 12.7. The average molecular weight is 243 g/mol. The zero-order valence-corrected chi connectivity index (χ0v) is 11.2. The van der Waals surface area contributed by atoms with Crippen LogP contribution in [0, 0.1) is 0 Å². The molecule has 0 spiro atoms. The van der Waals surface area contributed by atoms with Crippen LogP contribution in [0.1, 0.15) is 31.9 Å². The molecule has 2 N–H and O–H groups in total. The van der Waals surface area contributed by atoms with E-state index in [1.807, 2.05) is 25.2 Å². The van der Waals surface area contributed by atoms with Gasteiger partial charge in [0.15, 0.2) is 0 Å². The van der Waals surface area contributed by atoms with Gasteiger partial charge in [0.05, 0.1) is 5.69 Å². The summed E-state index contributed by atoms with van der Waals surface area (Å²) in [5.74, 6) is 0.757. The summed E-state index contributed by atoms with van der Waals surface area (Å²) in [5.41, 5.74) is 9.53. The molecule has 0 saturated carbocycles. The monoisotopic (exact) mass is 243 g/mol. The predicted octanol–water partition coefficient (Wildman–Crippen LogP) is 3.40. The van der Waals surface area contributed by atoms with Crippen LogP contribution in [-0.4, -0.2) is 9.78 Å². The fourth-order valence-corrected chi connectivity index (χ4v) is 2.23. The lowest BCUT2D eigenvalue weighted by molar-refractivity contribution is 0.685. The molecule has 0 amide bonds. The first-order valence-electron chi connectivity index (χ1n) is 6.60. The van der Waals surface area contributed by atoms with Crippen LogP contribution in [0.4, 0.5) is 5.82 Å². The molecule has 3 nitrogen and oxygen atoms in total. The summed E-state index contributed by atoms with van der Waals surface area (Å²) < 4.78 is 1.78. The Hall–Kier alpha value is -1.77. The molecular formula is C15H21N3. The van der Waals surface area contributed by atoms with Gasteiger partial charge in [-0.3, -0.25) is 4.68 Å². The molecule has 0 atom stereocenters. The zero-order chi connectivity index (χ0) is 13.0. The number of aryl methyl sites for hydroxylation is 2. The lowest BCUT2D eigenvalue weighted by Crippen LogP contribution is -1.97. The molecule has 2 aromatic rings. The number of benzene rings is 1. The van der Waals surface area contributed by atoms with Crippen molar-refractivity contribution in [3.8, 4) is 11.1 Å². The minimum Gasteiger partial charge on any atom is -0.383 e. The number of nitrogen functional groups attached to an aromatic ring is 1. The van der Waals surface area contributed by atoms with Crippen LogP contribution in [0.2, 0.25) is 0 Å². The maximum atomic E-state index is 6.14. The largest absolute Gasteiger partial charge is 0.383 e. The van der Waals surface area contributed by atoms with E-state index in [4.69, 9.17) is 5.73 Å². The Labute approximate surface area is 109 Å². The molecule has 0 aliphatic heterocycles. The van der Waals surface area contributed by atoms with E-state index in [2.05, 4.69) is 24.2 Å². The summed E-state index contributed by atoms with van der Waals surface area (Å²) in [5, 5.41) is 4.55. The molecule has 0 bridgehead atoms. The fourth-order valence-electron chi connectivity index (χ4n) is 2.23. The summed E-state index contributed by atoms with van der Waals surface area (Å²) in [4.78, 5) is 0. The molecule has 96 valence electrons. The standard InChI is InChI=1S/C15H21N3/c1-3-4-6-11-13-14(15(16)18(2)17-13)12-9-7-5-8-10-12/h5,7-10H,3-4,6,11,16H2,1-2H3. The van der Waals surface area contributed by atoms with Gasteiger partial charge in [0.25, 0.3) is 0 Å². The van der Waals surface area contributed by atoms with Crippen LogP contribution >= 0.6 is 0 Å². The van der Waals surface area contributed by atoms with E-state index in [1.54, 1.807) is 4.68 Å². The Morgan fingerprint density at radius 3 is 2.56 bits per heavy atom. The first-order valence-corrected chi connectivity index (χ1v) is 6.60. The summed E-state index contributed by atoms with van der Waals surface area (Å²) in [6.45, 7) is 2.21. The Bertz CT molecular complexity index is 500. The topological polar surface area (TPSA) is 43.8 Å². The molecule has 0 aliphatic rings. The third kappa shape index (κ3) is 2.55. The normalized spacial score (nSPS) is 10.8. The van der Waals surface area contributed by atoms with Crippen LogP contribution in [0.25, 0.3) is 11.1 Å². The Balaban J connectivity index is 2.33. The summed E-state index contributed by atoms with van der Waals surface area (Å²) in [6.07, 6.45) is 4.64. The number of aromatic nitrogens is 2. The molecule has 2 rings (SSSR count). The third-order valence-corrected chi connectivity index (χ3v) is 3.24. The third-order valence-electron chi connectivity index (χ3n) is 3.24. The molecule has 3 heteroatoms. The molecular weight excluding hydrogens is 222 g/mol. The van der Waals surface area contributed by atoms with Crippen molar-refractivity contribution >= 4 is 5.82 Å². The second kappa shape index (κ2) is 5.71. The van der Waals surface area contributed by atoms with E-state index in [0.29, 0.717) is 0 Å². The van der Waals surface area contributed by atoms with E-state index in [-0.39, 0.29) is 0 Å². The van der Waals surface area contributed by atoms with E-state index in [9.17, 15) is 0 Å². The van der Waals surface area contributed by atoms with Crippen molar-refractivity contribution in [2.24, 2.45) is 7.05 Å². The Morgan fingerprint density at radius 2 is 1.89 bits per heavy atom. The van der Waals surface area contributed by atoms with Crippen molar-refractivity contribution in [2.45, 2.75) is 32.6 Å². The number of anilines is 1. The number of unbranched alkanes of at least 4 members (excludes halogenated alkanes) is 2. The van der Waals surface area contributed by atoms with Crippen molar-refractivity contribution in [1.29, 1.82) is 0 Å². The highest BCUT2D eigenvalue weighted by Gasteiger charge is 2.14. The van der Waals surface area contributed by atoms with Crippen LogP contribution in [0.15, 0.2) is 30.3 Å². The molecule has 0 aliphatic carbocycles. The van der Waals surface area contributed by atoms with Crippen molar-refractivity contribution in [3.05, 3.63) is 36.0 Å². The maximum absolute atomic E-state index is 6.14. The smallest absolute Gasteiger partial charge is 0.129 e.